The van der Waals surface area contributed by atoms with Crippen LogP contribution in [0.1, 0.15) is 77.6 Å². The van der Waals surface area contributed by atoms with E-state index in [-0.39, 0.29) is 11.6 Å². The predicted octanol–water partition coefficient (Wildman–Crippen LogP) is 4.72. The lowest BCUT2D eigenvalue weighted by molar-refractivity contribution is 0.254. The average Bonchev–Trinajstić information content (AvgIpc) is 2.81. The Morgan fingerprint density at radius 1 is 1.05 bits per heavy atom. The minimum absolute atomic E-state index is 0.219. The van der Waals surface area contributed by atoms with E-state index in [1.165, 1.54) is 70.0 Å². The van der Waals surface area contributed by atoms with Gasteiger partial charge in [0.15, 0.2) is 0 Å². The fourth-order valence-electron chi connectivity index (χ4n) is 2.91. The molecule has 0 aromatic heterocycles. The molecule has 1 N–H and O–H groups in total. The number of aliphatic imine (C=N–C) groups is 1. The molecule has 0 fully saturated rings. The van der Waals surface area contributed by atoms with Crippen molar-refractivity contribution in [1.29, 1.82) is 0 Å². The molecule has 1 rings (SSSR count). The van der Waals surface area contributed by atoms with Crippen molar-refractivity contribution in [2.45, 2.75) is 82.5 Å². The maximum absolute atomic E-state index is 9.06. The third-order valence-electron chi connectivity index (χ3n) is 4.15. The Morgan fingerprint density at radius 2 is 1.62 bits per heavy atom. The van der Waals surface area contributed by atoms with Gasteiger partial charge in [-0.2, -0.15) is 0 Å². The van der Waals surface area contributed by atoms with E-state index in [4.69, 9.17) is 5.11 Å². The van der Waals surface area contributed by atoms with Gasteiger partial charge in [0, 0.05) is 13.0 Å². The summed E-state index contributed by atoms with van der Waals surface area (Å²) in [5, 5.41) is 9.06. The van der Waals surface area contributed by atoms with Gasteiger partial charge in [-0.15, -0.1) is 0 Å². The van der Waals surface area contributed by atoms with Gasteiger partial charge in [0.2, 0.25) is 0 Å². The quantitative estimate of drug-likeness (QED) is 0.293. The minimum atomic E-state index is 0.219. The number of β-amino-alcohol motifs (C(OH)–C–C–N with tert-alkyl or cyclic N) is 1. The molecule has 21 heavy (non-hydrogen) atoms. The molecule has 0 radical (unpaired) electrons. The van der Waals surface area contributed by atoms with Crippen LogP contribution in [0.3, 0.4) is 0 Å². The molecule has 1 unspecified atom stereocenters. The molecule has 0 aliphatic carbocycles. The molecule has 0 spiro atoms. The third kappa shape index (κ3) is 8.82. The zero-order chi connectivity index (χ0) is 15.3. The highest BCUT2D eigenvalue weighted by molar-refractivity contribution is 9.09. The van der Waals surface area contributed by atoms with Gasteiger partial charge >= 0.3 is 0 Å². The summed E-state index contributed by atoms with van der Waals surface area (Å²) in [5.41, 5.74) is 0. The van der Waals surface area contributed by atoms with Crippen LogP contribution in [0, 0.1) is 0 Å². The van der Waals surface area contributed by atoms with Crippen molar-refractivity contribution >= 4 is 21.8 Å². The first-order valence-corrected chi connectivity index (χ1v) is 9.76. The van der Waals surface area contributed by atoms with E-state index in [2.05, 4.69) is 32.7 Å². The lowest BCUT2D eigenvalue weighted by Gasteiger charge is -2.19. The van der Waals surface area contributed by atoms with Gasteiger partial charge in [0.1, 0.15) is 10.8 Å². The van der Waals surface area contributed by atoms with Crippen LogP contribution < -0.4 is 0 Å². The summed E-state index contributed by atoms with van der Waals surface area (Å²) >= 11 is 3.55. The van der Waals surface area contributed by atoms with Crippen LogP contribution in [0.2, 0.25) is 0 Å². The standard InChI is InChI=1S/C17H33BrN2O/c1-2-3-4-5-6-7-8-9-10-11-12-17-19-16(18)15-20(17)13-14-21/h16,21H,2-15H2,1H3. The van der Waals surface area contributed by atoms with Crippen molar-refractivity contribution in [3.63, 3.8) is 0 Å². The summed E-state index contributed by atoms with van der Waals surface area (Å²) in [4.78, 5) is 7.05. The molecule has 1 atom stereocenters. The zero-order valence-electron chi connectivity index (χ0n) is 13.7. The van der Waals surface area contributed by atoms with Crippen molar-refractivity contribution in [3.05, 3.63) is 0 Å². The molecule has 0 saturated heterocycles. The lowest BCUT2D eigenvalue weighted by Crippen LogP contribution is -2.31. The number of hydrogen-bond donors (Lipinski definition) is 1. The van der Waals surface area contributed by atoms with E-state index in [0.717, 1.165) is 19.5 Å². The Morgan fingerprint density at radius 3 is 2.19 bits per heavy atom. The van der Waals surface area contributed by atoms with E-state index >= 15 is 0 Å². The molecule has 0 saturated carbocycles. The molecule has 1 aliphatic heterocycles. The van der Waals surface area contributed by atoms with Crippen LogP contribution >= 0.6 is 15.9 Å². The number of unbranched alkanes of at least 4 members (excludes halogenated alkanes) is 9. The summed E-state index contributed by atoms with van der Waals surface area (Å²) in [6, 6.07) is 0. The first-order valence-electron chi connectivity index (χ1n) is 8.84. The average molecular weight is 361 g/mol. The molecular formula is C17H33BrN2O. The largest absolute Gasteiger partial charge is 0.395 e. The summed E-state index contributed by atoms with van der Waals surface area (Å²) < 4.78 is 0. The molecule has 0 aromatic carbocycles. The van der Waals surface area contributed by atoms with E-state index < -0.39 is 0 Å². The topological polar surface area (TPSA) is 35.8 Å². The van der Waals surface area contributed by atoms with Crippen molar-refractivity contribution in [1.82, 2.24) is 4.90 Å². The summed E-state index contributed by atoms with van der Waals surface area (Å²) in [6.07, 6.45) is 14.8. The SMILES string of the molecule is CCCCCCCCCCCCC1=NC(Br)CN1CCO. The van der Waals surface area contributed by atoms with Crippen LogP contribution in [-0.4, -0.2) is 40.5 Å². The fraction of sp³-hybridized carbons (Fsp3) is 0.941. The van der Waals surface area contributed by atoms with Crippen LogP contribution in [0.5, 0.6) is 0 Å². The van der Waals surface area contributed by atoms with E-state index in [1.807, 2.05) is 0 Å². The minimum Gasteiger partial charge on any atom is -0.395 e. The van der Waals surface area contributed by atoms with E-state index in [9.17, 15) is 0 Å². The van der Waals surface area contributed by atoms with Crippen LogP contribution in [0.15, 0.2) is 4.99 Å². The van der Waals surface area contributed by atoms with Crippen molar-refractivity contribution in [2.24, 2.45) is 4.99 Å². The van der Waals surface area contributed by atoms with Crippen LogP contribution in [-0.2, 0) is 0 Å². The molecule has 1 aliphatic rings. The first-order chi connectivity index (χ1) is 10.3. The number of nitrogens with zero attached hydrogens (tertiary/aromatic N) is 2. The van der Waals surface area contributed by atoms with Crippen LogP contribution in [0.4, 0.5) is 0 Å². The number of halogens is 1. The molecule has 0 bridgehead atoms. The first kappa shape index (κ1) is 19.0. The molecule has 124 valence electrons. The Kier molecular flexibility index (Phi) is 11.2. The second kappa shape index (κ2) is 12.5. The number of hydrogen-bond acceptors (Lipinski definition) is 3. The smallest absolute Gasteiger partial charge is 0.124 e. The number of alkyl halides is 1. The van der Waals surface area contributed by atoms with Gasteiger partial charge < -0.3 is 10.0 Å². The van der Waals surface area contributed by atoms with Crippen molar-refractivity contribution < 1.29 is 5.11 Å². The number of rotatable bonds is 13. The highest BCUT2D eigenvalue weighted by Crippen LogP contribution is 2.18. The van der Waals surface area contributed by atoms with Gasteiger partial charge in [0.05, 0.1) is 13.2 Å². The van der Waals surface area contributed by atoms with Crippen LogP contribution in [0.25, 0.3) is 0 Å². The Labute approximate surface area is 139 Å². The maximum atomic E-state index is 9.06. The highest BCUT2D eigenvalue weighted by atomic mass is 79.9. The second-order valence-corrected chi connectivity index (χ2v) is 7.14. The number of aliphatic hydroxyl groups is 1. The van der Waals surface area contributed by atoms with Gasteiger partial charge in [-0.25, -0.2) is 0 Å². The molecule has 3 nitrogen and oxygen atoms in total. The zero-order valence-corrected chi connectivity index (χ0v) is 15.3. The molecule has 4 heteroatoms. The Hall–Kier alpha value is -0.0900. The summed E-state index contributed by atoms with van der Waals surface area (Å²) in [6.45, 7) is 4.12. The number of aliphatic hydroxyl groups excluding tert-OH is 1. The van der Waals surface area contributed by atoms with E-state index in [0.29, 0.717) is 0 Å². The predicted molar refractivity (Wildman–Crippen MR) is 95.3 cm³/mol. The second-order valence-electron chi connectivity index (χ2n) is 6.08. The Bertz CT molecular complexity index is 284. The Balaban J connectivity index is 1.95. The van der Waals surface area contributed by atoms with Gasteiger partial charge in [-0.3, -0.25) is 4.99 Å². The number of amidine groups is 1. The van der Waals surface area contributed by atoms with Crippen molar-refractivity contribution in [3.8, 4) is 0 Å². The van der Waals surface area contributed by atoms with Crippen molar-refractivity contribution in [2.75, 3.05) is 19.7 Å². The lowest BCUT2D eigenvalue weighted by atomic mass is 10.1. The molecule has 0 amide bonds. The molecular weight excluding hydrogens is 328 g/mol. The normalized spacial score (nSPS) is 18.3. The van der Waals surface area contributed by atoms with Gasteiger partial charge in [0.25, 0.3) is 0 Å². The maximum Gasteiger partial charge on any atom is 0.124 e. The van der Waals surface area contributed by atoms with Gasteiger partial charge in [-0.05, 0) is 6.42 Å². The summed E-state index contributed by atoms with van der Waals surface area (Å²) in [7, 11) is 0. The molecule has 0 aromatic rings. The molecule has 1 heterocycles. The van der Waals surface area contributed by atoms with E-state index in [1.54, 1.807) is 0 Å². The summed E-state index contributed by atoms with van der Waals surface area (Å²) in [5.74, 6) is 1.19. The highest BCUT2D eigenvalue weighted by Gasteiger charge is 2.21. The van der Waals surface area contributed by atoms with Gasteiger partial charge in [-0.1, -0.05) is 80.6 Å². The monoisotopic (exact) mass is 360 g/mol. The third-order valence-corrected chi connectivity index (χ3v) is 4.64. The fourth-order valence-corrected chi connectivity index (χ4v) is 3.49.